The summed E-state index contributed by atoms with van der Waals surface area (Å²) in [6.07, 6.45) is 0.999. The van der Waals surface area contributed by atoms with Gasteiger partial charge in [0.2, 0.25) is 0 Å². The number of carbonyl (C=O) groups excluding carboxylic acids is 2. The van der Waals surface area contributed by atoms with E-state index in [1.54, 1.807) is 135 Å². The van der Waals surface area contributed by atoms with Crippen LogP contribution >= 0.6 is 47.2 Å². The quantitative estimate of drug-likeness (QED) is 0.0176. The summed E-state index contributed by atoms with van der Waals surface area (Å²) in [7, 11) is -5.53. The maximum absolute atomic E-state index is 15.1. The Morgan fingerprint density at radius 2 is 0.806 bits per heavy atom. The minimum Gasteiger partial charge on any atom is -0.870 e. The zero-order valence-corrected chi connectivity index (χ0v) is 62.4. The van der Waals surface area contributed by atoms with E-state index >= 15 is 8.78 Å². The van der Waals surface area contributed by atoms with Crippen molar-refractivity contribution < 1.29 is 117 Å². The van der Waals surface area contributed by atoms with Crippen molar-refractivity contribution >= 4 is 121 Å². The molecule has 12 rings (SSSR count). The Bertz CT molecular complexity index is 5210. The summed E-state index contributed by atoms with van der Waals surface area (Å²) in [6.45, 7) is 4.76. The summed E-state index contributed by atoms with van der Waals surface area (Å²) in [5, 5.41) is 28.8. The van der Waals surface area contributed by atoms with Crippen molar-refractivity contribution in [2.75, 3.05) is 19.5 Å². The Morgan fingerprint density at radius 1 is 0.463 bits per heavy atom. The third-order valence-electron chi connectivity index (χ3n) is 15.7. The van der Waals surface area contributed by atoms with E-state index < -0.39 is 34.8 Å². The van der Waals surface area contributed by atoms with Gasteiger partial charge in [0.1, 0.15) is 71.3 Å². The standard InChI is InChI=1S/C26H23ClFNO4.C24H19ClFNO4.C20H19ClO7S.C7H9BFNO2.ClH.Li.H2O/c1-2-31-25(30)12-17-6-3-4-9-22(17)32-15-16-10-20(21-13-24(27)33-23(21)11-16)19-8-5-7-18(14-29)26(19)28;25-22-11-19-18(17-6-3-5-16(12-27)24(17)26)8-14(9-21(19)31-22)13-30-20-7-2-1-4-15(20)10-23(28)29;1-3-25-20(22)10-14-6-4-5-7-16(14)26-12-13-8-17-15(11-19(21)27-17)18(9-13)28-29(2,23)24;9-7-5(4-10)2-1-3-6(7)8(11)12;;;/h3-11,13H,2,12,14-15,29H2,1H3;1-9,11H,10,12-13,27H2,(H,28,29);4-9,11H,3,10,12H2,1-2H3;1-3,11-12H,4,10H2;1H;;1H2/q;;;;;+1;/p-1. The Balaban J connectivity index is 0.000000232. The van der Waals surface area contributed by atoms with Crippen LogP contribution in [0, 0.1) is 17.5 Å². The molecule has 21 nitrogen and oxygen atoms in total. The van der Waals surface area contributed by atoms with Gasteiger partial charge in [-0.2, -0.15) is 8.42 Å². The molecule has 0 radical (unpaired) electrons. The molecule has 0 fully saturated rings. The maximum Gasteiger partial charge on any atom is 1.00 e. The normalized spacial score (nSPS) is 10.7. The molecule has 0 aliphatic rings. The first kappa shape index (κ1) is 87.4. The molecule has 0 unspecified atom stereocenters. The molecule has 0 atom stereocenters. The molecule has 3 heterocycles. The first-order valence-corrected chi connectivity index (χ1v) is 35.3. The zero-order chi connectivity index (χ0) is 75.5. The van der Waals surface area contributed by atoms with Crippen molar-refractivity contribution in [1.82, 2.24) is 0 Å². The first-order valence-electron chi connectivity index (χ1n) is 32.4. The summed E-state index contributed by atoms with van der Waals surface area (Å²) >= 11 is 18.1. The van der Waals surface area contributed by atoms with Crippen LogP contribution < -0.4 is 59.9 Å². The molecule has 0 spiro atoms. The zero-order valence-electron chi connectivity index (χ0n) is 58.5. The van der Waals surface area contributed by atoms with E-state index in [4.69, 9.17) is 108 Å². The number of fused-ring (bicyclic) bond motifs is 3. The topological polar surface area (TPSA) is 349 Å². The van der Waals surface area contributed by atoms with Crippen molar-refractivity contribution in [3.63, 3.8) is 0 Å². The van der Waals surface area contributed by atoms with Crippen molar-refractivity contribution in [2.45, 2.75) is 72.6 Å². The molecule has 562 valence electrons. The molecular formula is C77H72BCl4F3LiN3O18S. The number of carboxylic acids is 1. The van der Waals surface area contributed by atoms with Gasteiger partial charge in [0.05, 0.1) is 44.1 Å². The SMILES string of the molecule is CCOC(=O)Cc1ccccc1OCc1cc(-c2cccc(CN)c2F)c2cc(Cl)oc2c1.CCOC(=O)Cc1ccccc1OCc1cc(OS(C)(=O)=O)c2cc(Cl)oc2c1.Cl.NCc1cccc(-c2cc(COc3ccccc3CC(=O)O)cc3oc(Cl)cc23)c1F.NCc1cccc(B(O)O)c1F.[Li+].[OH-]. The molecule has 0 aliphatic heterocycles. The second kappa shape index (κ2) is 41.2. The minimum absolute atomic E-state index is 0. The number of benzene rings is 9. The van der Waals surface area contributed by atoms with Crippen LogP contribution in [0.3, 0.4) is 0 Å². The number of para-hydroxylation sites is 3. The van der Waals surface area contributed by atoms with Crippen molar-refractivity contribution in [3.05, 3.63) is 265 Å². The third kappa shape index (κ3) is 23.5. The second-order valence-electron chi connectivity index (χ2n) is 23.1. The summed E-state index contributed by atoms with van der Waals surface area (Å²) in [6, 6.07) is 51.1. The molecule has 31 heteroatoms. The number of hydrogen-bond donors (Lipinski definition) is 6. The van der Waals surface area contributed by atoms with Crippen LogP contribution in [-0.4, -0.2) is 73.5 Å². The van der Waals surface area contributed by atoms with Crippen molar-refractivity contribution in [1.29, 1.82) is 0 Å². The van der Waals surface area contributed by atoms with E-state index in [0.29, 0.717) is 113 Å². The summed E-state index contributed by atoms with van der Waals surface area (Å²) in [4.78, 5) is 34.8. The number of halogens is 7. The van der Waals surface area contributed by atoms with Gasteiger partial charge in [-0.1, -0.05) is 109 Å². The van der Waals surface area contributed by atoms with Crippen LogP contribution in [0.15, 0.2) is 195 Å². The number of carboxylic acid groups (broad SMARTS) is 1. The van der Waals surface area contributed by atoms with Crippen molar-refractivity contribution in [2.24, 2.45) is 17.2 Å². The van der Waals surface area contributed by atoms with E-state index in [1.807, 2.05) is 36.4 Å². The van der Waals surface area contributed by atoms with Gasteiger partial charge < -0.3 is 79.0 Å². The number of carbonyl (C=O) groups is 3. The van der Waals surface area contributed by atoms with Gasteiger partial charge in [0, 0.05) is 98.6 Å². The Morgan fingerprint density at radius 3 is 1.18 bits per heavy atom. The number of nitrogens with two attached hydrogens (primary N) is 3. The number of ether oxygens (including phenoxy) is 5. The molecule has 0 bridgehead atoms. The molecule has 0 amide bonds. The van der Waals surface area contributed by atoms with Gasteiger partial charge in [-0.25, -0.2) is 13.2 Å². The molecule has 10 N–H and O–H groups in total. The van der Waals surface area contributed by atoms with E-state index in [1.165, 1.54) is 24.3 Å². The molecule has 3 aromatic heterocycles. The number of hydrogen-bond acceptors (Lipinski definition) is 20. The van der Waals surface area contributed by atoms with Crippen LogP contribution in [0.5, 0.6) is 23.0 Å². The predicted molar refractivity (Wildman–Crippen MR) is 403 cm³/mol. The van der Waals surface area contributed by atoms with Gasteiger partial charge in [-0.05, 0) is 131 Å². The molecule has 0 saturated heterocycles. The fraction of sp³-hybridized carbons (Fsp3) is 0.182. The largest absolute Gasteiger partial charge is 1.00 e. The third-order valence-corrected chi connectivity index (χ3v) is 16.8. The van der Waals surface area contributed by atoms with Crippen LogP contribution in [0.2, 0.25) is 15.7 Å². The molecule has 9 aromatic carbocycles. The second-order valence-corrected chi connectivity index (χ2v) is 25.8. The Hall–Kier alpha value is -9.47. The van der Waals surface area contributed by atoms with Crippen LogP contribution in [-0.2, 0) is 92.7 Å². The van der Waals surface area contributed by atoms with Crippen LogP contribution in [0.4, 0.5) is 13.2 Å². The number of esters is 2. The van der Waals surface area contributed by atoms with E-state index in [-0.39, 0.29) is 146 Å². The summed E-state index contributed by atoms with van der Waals surface area (Å²) in [5.41, 5.74) is 25.0. The molecule has 0 aliphatic carbocycles. The number of rotatable bonds is 25. The minimum atomic E-state index is -3.75. The van der Waals surface area contributed by atoms with Gasteiger partial charge in [0.15, 0.2) is 21.4 Å². The monoisotopic (exact) mass is 1570 g/mol. The average Bonchev–Trinajstić information content (AvgIpc) is 1.42. The fourth-order valence-corrected chi connectivity index (χ4v) is 12.0. The molecule has 12 aromatic rings. The molecule has 0 saturated carbocycles. The summed E-state index contributed by atoms with van der Waals surface area (Å²) in [5.74, 6) is -1.37. The molecular weight excluding hydrogens is 1500 g/mol. The van der Waals surface area contributed by atoms with Crippen LogP contribution in [0.25, 0.3) is 55.2 Å². The van der Waals surface area contributed by atoms with E-state index in [9.17, 15) is 27.2 Å². The Kier molecular flexibility index (Phi) is 33.4. The average molecular weight is 1580 g/mol. The van der Waals surface area contributed by atoms with Gasteiger partial charge in [0.25, 0.3) is 0 Å². The number of aliphatic carboxylic acids is 1. The van der Waals surface area contributed by atoms with E-state index in [0.717, 1.165) is 22.9 Å². The van der Waals surface area contributed by atoms with Gasteiger partial charge in [-0.3, -0.25) is 14.4 Å². The smallest absolute Gasteiger partial charge is 0.870 e. The fourth-order valence-electron chi connectivity index (χ4n) is 11.0. The summed E-state index contributed by atoms with van der Waals surface area (Å²) < 4.78 is 116. The van der Waals surface area contributed by atoms with E-state index in [2.05, 4.69) is 0 Å². The molecule has 108 heavy (non-hydrogen) atoms. The van der Waals surface area contributed by atoms with Gasteiger partial charge >= 0.3 is 54.0 Å². The predicted octanol–water partition coefficient (Wildman–Crippen LogP) is 11.9. The van der Waals surface area contributed by atoms with Crippen molar-refractivity contribution in [3.8, 4) is 45.3 Å². The van der Waals surface area contributed by atoms with Gasteiger partial charge in [-0.15, -0.1) is 12.4 Å². The van der Waals surface area contributed by atoms with Crippen LogP contribution in [0.1, 0.15) is 63.9 Å². The Labute approximate surface area is 652 Å². The first-order chi connectivity index (χ1) is 50.4. The maximum atomic E-state index is 15.1. The number of furan rings is 3.